The van der Waals surface area contributed by atoms with Crippen LogP contribution in [0.2, 0.25) is 0 Å². The largest absolute Gasteiger partial charge is 0.347 e. The maximum Gasteiger partial charge on any atom is 0.257 e. The van der Waals surface area contributed by atoms with Gasteiger partial charge in [0, 0.05) is 37.8 Å². The molecule has 7 heteroatoms. The normalized spacial score (nSPS) is 18.9. The Morgan fingerprint density at radius 2 is 1.92 bits per heavy atom. The summed E-state index contributed by atoms with van der Waals surface area (Å²) in [7, 11) is 0. The molecular weight excluding hydrogens is 337 g/mol. The van der Waals surface area contributed by atoms with Gasteiger partial charge in [0.25, 0.3) is 5.91 Å². The number of likely N-dealkylation sites (tertiary alicyclic amines) is 1. The zero-order chi connectivity index (χ0) is 18.0. The highest BCUT2D eigenvalue weighted by Gasteiger charge is 2.41. The molecule has 0 radical (unpaired) electrons. The molecule has 6 nitrogen and oxygen atoms in total. The number of nitrogens with one attached hydrogen (secondary N) is 1. The summed E-state index contributed by atoms with van der Waals surface area (Å²) < 4.78 is 24.8. The molecule has 2 aromatic rings. The molecule has 3 heterocycles. The second-order valence-electron chi connectivity index (χ2n) is 6.43. The van der Waals surface area contributed by atoms with Crippen LogP contribution in [-0.4, -0.2) is 47.9 Å². The molecule has 0 saturated carbocycles. The summed E-state index contributed by atoms with van der Waals surface area (Å²) in [6.45, 7) is 2.34. The van der Waals surface area contributed by atoms with Gasteiger partial charge in [-0.25, -0.2) is 9.37 Å². The van der Waals surface area contributed by atoms with Crippen molar-refractivity contribution in [2.45, 2.75) is 18.6 Å². The molecule has 1 N–H and O–H groups in total. The van der Waals surface area contributed by atoms with Gasteiger partial charge in [-0.1, -0.05) is 6.07 Å². The van der Waals surface area contributed by atoms with E-state index in [1.807, 2.05) is 0 Å². The van der Waals surface area contributed by atoms with E-state index in [9.17, 15) is 9.18 Å². The minimum Gasteiger partial charge on any atom is -0.347 e. The third-order valence-electron chi connectivity index (χ3n) is 4.75. The number of rotatable bonds is 3. The van der Waals surface area contributed by atoms with E-state index in [0.717, 1.165) is 0 Å². The number of benzene rings is 1. The molecule has 1 spiro atoms. The van der Waals surface area contributed by atoms with Gasteiger partial charge in [0.2, 0.25) is 0 Å². The molecule has 2 fully saturated rings. The lowest BCUT2D eigenvalue weighted by Crippen LogP contribution is -2.47. The quantitative estimate of drug-likeness (QED) is 0.915. The van der Waals surface area contributed by atoms with E-state index in [1.165, 1.54) is 12.1 Å². The molecule has 2 saturated heterocycles. The number of anilines is 2. The molecular formula is C19H20FN3O3. The molecule has 0 bridgehead atoms. The average Bonchev–Trinajstić information content (AvgIpc) is 3.10. The van der Waals surface area contributed by atoms with Gasteiger partial charge in [0.1, 0.15) is 11.6 Å². The van der Waals surface area contributed by atoms with Crippen molar-refractivity contribution in [1.29, 1.82) is 0 Å². The standard InChI is InChI=1S/C19H20FN3O3/c20-14-3-1-4-15(13-14)22-17-16(5-2-8-21-17)18(24)23-9-6-19(7-10-23)25-11-12-26-19/h1-5,8,13H,6-7,9-12H2,(H,21,22). The van der Waals surface area contributed by atoms with Crippen molar-refractivity contribution in [2.24, 2.45) is 0 Å². The first kappa shape index (κ1) is 16.9. The van der Waals surface area contributed by atoms with Gasteiger partial charge in [0.05, 0.1) is 18.8 Å². The molecule has 26 heavy (non-hydrogen) atoms. The molecule has 136 valence electrons. The van der Waals surface area contributed by atoms with Crippen molar-refractivity contribution in [3.63, 3.8) is 0 Å². The van der Waals surface area contributed by atoms with Gasteiger partial charge in [0.15, 0.2) is 5.79 Å². The molecule has 0 atom stereocenters. The maximum atomic E-state index is 13.4. The van der Waals surface area contributed by atoms with E-state index in [4.69, 9.17) is 9.47 Å². The topological polar surface area (TPSA) is 63.7 Å². The minimum atomic E-state index is -0.519. The minimum absolute atomic E-state index is 0.107. The van der Waals surface area contributed by atoms with Crippen molar-refractivity contribution >= 4 is 17.4 Å². The van der Waals surface area contributed by atoms with Crippen LogP contribution in [0, 0.1) is 5.82 Å². The first-order valence-corrected chi connectivity index (χ1v) is 8.70. The van der Waals surface area contributed by atoms with Gasteiger partial charge >= 0.3 is 0 Å². The predicted octanol–water partition coefficient (Wildman–Crippen LogP) is 2.94. The van der Waals surface area contributed by atoms with Crippen LogP contribution >= 0.6 is 0 Å². The van der Waals surface area contributed by atoms with E-state index >= 15 is 0 Å². The zero-order valence-electron chi connectivity index (χ0n) is 14.3. The molecule has 4 rings (SSSR count). The second-order valence-corrected chi connectivity index (χ2v) is 6.43. The van der Waals surface area contributed by atoms with Crippen LogP contribution < -0.4 is 5.32 Å². The number of nitrogens with zero attached hydrogens (tertiary/aromatic N) is 2. The van der Waals surface area contributed by atoms with Crippen molar-refractivity contribution in [3.05, 3.63) is 54.0 Å². The number of carbonyl (C=O) groups excluding carboxylic acids is 1. The first-order chi connectivity index (χ1) is 12.7. The Balaban J connectivity index is 1.50. The summed E-state index contributed by atoms with van der Waals surface area (Å²) in [5.74, 6) is -0.563. The van der Waals surface area contributed by atoms with Crippen LogP contribution in [0.5, 0.6) is 0 Å². The third kappa shape index (κ3) is 3.40. The number of aromatic nitrogens is 1. The third-order valence-corrected chi connectivity index (χ3v) is 4.75. The predicted molar refractivity (Wildman–Crippen MR) is 93.7 cm³/mol. The summed E-state index contributed by atoms with van der Waals surface area (Å²) in [5.41, 5.74) is 1.00. The molecule has 1 amide bonds. The molecule has 1 aromatic carbocycles. The van der Waals surface area contributed by atoms with Gasteiger partial charge in [-0.2, -0.15) is 0 Å². The number of carbonyl (C=O) groups is 1. The average molecular weight is 357 g/mol. The molecule has 0 aliphatic carbocycles. The maximum absolute atomic E-state index is 13.4. The van der Waals surface area contributed by atoms with Crippen LogP contribution in [0.25, 0.3) is 0 Å². The monoisotopic (exact) mass is 357 g/mol. The Morgan fingerprint density at radius 3 is 2.65 bits per heavy atom. The Bertz CT molecular complexity index is 798. The smallest absolute Gasteiger partial charge is 0.257 e. The van der Waals surface area contributed by atoms with Crippen molar-refractivity contribution in [2.75, 3.05) is 31.6 Å². The zero-order valence-corrected chi connectivity index (χ0v) is 14.3. The number of amides is 1. The first-order valence-electron chi connectivity index (χ1n) is 8.70. The van der Waals surface area contributed by atoms with Gasteiger partial charge < -0.3 is 19.7 Å². The Labute approximate surface area is 150 Å². The number of pyridine rings is 1. The lowest BCUT2D eigenvalue weighted by atomic mass is 10.0. The van der Waals surface area contributed by atoms with Crippen LogP contribution in [0.3, 0.4) is 0 Å². The van der Waals surface area contributed by atoms with E-state index in [2.05, 4.69) is 10.3 Å². The Kier molecular flexibility index (Phi) is 4.57. The van der Waals surface area contributed by atoms with Crippen LogP contribution in [0.15, 0.2) is 42.6 Å². The summed E-state index contributed by atoms with van der Waals surface area (Å²) in [5, 5.41) is 3.03. The molecule has 1 aromatic heterocycles. The number of piperidine rings is 1. The lowest BCUT2D eigenvalue weighted by molar-refractivity contribution is -0.181. The highest BCUT2D eigenvalue weighted by molar-refractivity contribution is 5.99. The highest BCUT2D eigenvalue weighted by Crippen LogP contribution is 2.32. The summed E-state index contributed by atoms with van der Waals surface area (Å²) >= 11 is 0. The Hall–Kier alpha value is -2.51. The number of hydrogen-bond donors (Lipinski definition) is 1. The lowest BCUT2D eigenvalue weighted by Gasteiger charge is -2.37. The van der Waals surface area contributed by atoms with E-state index in [-0.39, 0.29) is 11.7 Å². The van der Waals surface area contributed by atoms with Crippen LogP contribution in [-0.2, 0) is 9.47 Å². The summed E-state index contributed by atoms with van der Waals surface area (Å²) in [6.07, 6.45) is 2.92. The SMILES string of the molecule is O=C(c1cccnc1Nc1cccc(F)c1)N1CCC2(CC1)OCCO2. The van der Waals surface area contributed by atoms with Crippen molar-refractivity contribution in [1.82, 2.24) is 9.88 Å². The molecule has 2 aliphatic heterocycles. The fourth-order valence-electron chi connectivity index (χ4n) is 3.39. The van der Waals surface area contributed by atoms with E-state index < -0.39 is 5.79 Å². The van der Waals surface area contributed by atoms with E-state index in [0.29, 0.717) is 56.2 Å². The van der Waals surface area contributed by atoms with Crippen LogP contribution in [0.1, 0.15) is 23.2 Å². The van der Waals surface area contributed by atoms with Gasteiger partial charge in [-0.05, 0) is 30.3 Å². The molecule has 2 aliphatic rings. The molecule has 0 unspecified atom stereocenters. The van der Waals surface area contributed by atoms with Crippen molar-refractivity contribution in [3.8, 4) is 0 Å². The fourth-order valence-corrected chi connectivity index (χ4v) is 3.39. The summed E-state index contributed by atoms with van der Waals surface area (Å²) in [4.78, 5) is 19.0. The highest BCUT2D eigenvalue weighted by atomic mass is 19.1. The van der Waals surface area contributed by atoms with E-state index in [1.54, 1.807) is 35.4 Å². The number of ether oxygens (including phenoxy) is 2. The van der Waals surface area contributed by atoms with Gasteiger partial charge in [-0.15, -0.1) is 0 Å². The second kappa shape index (κ2) is 7.01. The summed E-state index contributed by atoms with van der Waals surface area (Å²) in [6, 6.07) is 9.51. The van der Waals surface area contributed by atoms with Crippen molar-refractivity contribution < 1.29 is 18.7 Å². The fraction of sp³-hybridized carbons (Fsp3) is 0.368. The number of halogens is 1. The Morgan fingerprint density at radius 1 is 1.15 bits per heavy atom. The van der Waals surface area contributed by atoms with Gasteiger partial charge in [-0.3, -0.25) is 4.79 Å². The van der Waals surface area contributed by atoms with Crippen LogP contribution in [0.4, 0.5) is 15.9 Å². The number of hydrogen-bond acceptors (Lipinski definition) is 5.